The maximum atomic E-state index is 12.9. The third kappa shape index (κ3) is 3.92. The first-order chi connectivity index (χ1) is 15.0. The number of fused-ring (bicyclic) bond motifs is 1. The van der Waals surface area contributed by atoms with Crippen LogP contribution in [0.1, 0.15) is 50.0 Å². The molecule has 0 bridgehead atoms. The fourth-order valence-electron chi connectivity index (χ4n) is 3.34. The Morgan fingerprint density at radius 1 is 0.903 bits per heavy atom. The number of hydrogen-bond acceptors (Lipinski definition) is 5. The van der Waals surface area contributed by atoms with Gasteiger partial charge in [-0.25, -0.2) is 9.69 Å². The molecule has 2 amide bonds. The van der Waals surface area contributed by atoms with E-state index in [1.165, 1.54) is 18.2 Å². The summed E-state index contributed by atoms with van der Waals surface area (Å²) in [5, 5.41) is 0. The summed E-state index contributed by atoms with van der Waals surface area (Å²) in [6, 6.07) is 18.8. The molecule has 1 aliphatic heterocycles. The monoisotopic (exact) mass is 415 g/mol. The van der Waals surface area contributed by atoms with Gasteiger partial charge in [0.05, 0.1) is 29.0 Å². The average Bonchev–Trinajstić information content (AvgIpc) is 3.04. The summed E-state index contributed by atoms with van der Waals surface area (Å²) < 4.78 is 11.0. The molecule has 31 heavy (non-hydrogen) atoms. The van der Waals surface area contributed by atoms with Crippen LogP contribution in [0.5, 0.6) is 11.5 Å². The van der Waals surface area contributed by atoms with Gasteiger partial charge in [0.1, 0.15) is 11.5 Å². The lowest BCUT2D eigenvalue weighted by Crippen LogP contribution is -2.29. The van der Waals surface area contributed by atoms with E-state index in [9.17, 15) is 14.4 Å². The molecule has 1 aliphatic rings. The maximum Gasteiger partial charge on any atom is 0.338 e. The summed E-state index contributed by atoms with van der Waals surface area (Å²) >= 11 is 0. The predicted octanol–water partition coefficient (Wildman–Crippen LogP) is 5.15. The second-order valence-electron chi connectivity index (χ2n) is 7.20. The van der Waals surface area contributed by atoms with Crippen LogP contribution in [0.2, 0.25) is 0 Å². The van der Waals surface area contributed by atoms with Crippen LogP contribution in [0, 0.1) is 6.92 Å². The summed E-state index contributed by atoms with van der Waals surface area (Å²) in [6.07, 6.45) is 0.700. The SMILES string of the molecule is CCCOC(=O)c1ccc2c(c1)C(=O)N(c1ccc(Oc3ccccc3C)cc1)C2=O. The molecule has 0 atom stereocenters. The Morgan fingerprint density at radius 3 is 2.32 bits per heavy atom. The molecule has 0 saturated carbocycles. The van der Waals surface area contributed by atoms with Crippen molar-refractivity contribution in [1.29, 1.82) is 0 Å². The fraction of sp³-hybridized carbons (Fsp3) is 0.160. The van der Waals surface area contributed by atoms with E-state index >= 15 is 0 Å². The number of nitrogens with zero attached hydrogens (tertiary/aromatic N) is 1. The zero-order chi connectivity index (χ0) is 22.0. The molecule has 0 unspecified atom stereocenters. The van der Waals surface area contributed by atoms with Gasteiger partial charge in [0.25, 0.3) is 11.8 Å². The van der Waals surface area contributed by atoms with E-state index in [-0.39, 0.29) is 16.7 Å². The van der Waals surface area contributed by atoms with Gasteiger partial charge in [-0.1, -0.05) is 25.1 Å². The van der Waals surface area contributed by atoms with Crippen molar-refractivity contribution in [3.05, 3.63) is 89.0 Å². The Bertz CT molecular complexity index is 1170. The van der Waals surface area contributed by atoms with Gasteiger partial charge in [-0.05, 0) is 67.4 Å². The molecule has 3 aromatic carbocycles. The molecule has 156 valence electrons. The Morgan fingerprint density at radius 2 is 1.61 bits per heavy atom. The standard InChI is InChI=1S/C25H21NO5/c1-3-14-30-25(29)17-8-13-20-21(15-17)24(28)26(23(20)27)18-9-11-19(12-10-18)31-22-7-5-4-6-16(22)2/h4-13,15H,3,14H2,1-2H3. The number of imide groups is 1. The molecule has 0 spiro atoms. The molecule has 0 radical (unpaired) electrons. The molecule has 0 fully saturated rings. The maximum absolute atomic E-state index is 12.9. The van der Waals surface area contributed by atoms with Crippen molar-refractivity contribution in [3.8, 4) is 11.5 Å². The van der Waals surface area contributed by atoms with Gasteiger partial charge >= 0.3 is 5.97 Å². The van der Waals surface area contributed by atoms with E-state index < -0.39 is 17.8 Å². The Labute approximate surface area is 180 Å². The predicted molar refractivity (Wildman–Crippen MR) is 116 cm³/mol. The lowest BCUT2D eigenvalue weighted by molar-refractivity contribution is 0.0505. The number of benzene rings is 3. The highest BCUT2D eigenvalue weighted by molar-refractivity contribution is 6.34. The van der Waals surface area contributed by atoms with Crippen molar-refractivity contribution in [1.82, 2.24) is 0 Å². The minimum Gasteiger partial charge on any atom is -0.462 e. The highest BCUT2D eigenvalue weighted by atomic mass is 16.5. The van der Waals surface area contributed by atoms with E-state index in [1.807, 2.05) is 38.1 Å². The normalized spacial score (nSPS) is 12.6. The van der Waals surface area contributed by atoms with Crippen LogP contribution in [-0.2, 0) is 4.74 Å². The largest absolute Gasteiger partial charge is 0.462 e. The number of anilines is 1. The van der Waals surface area contributed by atoms with E-state index in [0.717, 1.165) is 16.2 Å². The van der Waals surface area contributed by atoms with Crippen molar-refractivity contribution < 1.29 is 23.9 Å². The van der Waals surface area contributed by atoms with Gasteiger partial charge < -0.3 is 9.47 Å². The van der Waals surface area contributed by atoms with Crippen LogP contribution in [-0.4, -0.2) is 24.4 Å². The third-order valence-electron chi connectivity index (χ3n) is 4.98. The van der Waals surface area contributed by atoms with Gasteiger partial charge in [0.15, 0.2) is 0 Å². The Balaban J connectivity index is 1.56. The summed E-state index contributed by atoms with van der Waals surface area (Å²) in [7, 11) is 0. The molecule has 6 heteroatoms. The van der Waals surface area contributed by atoms with Gasteiger partial charge in [-0.3, -0.25) is 9.59 Å². The molecule has 4 rings (SSSR count). The quantitative estimate of drug-likeness (QED) is 0.411. The molecule has 1 heterocycles. The molecule has 0 saturated heterocycles. The second kappa shape index (κ2) is 8.44. The van der Waals surface area contributed by atoms with Crippen LogP contribution >= 0.6 is 0 Å². The van der Waals surface area contributed by atoms with Gasteiger partial charge in [-0.2, -0.15) is 0 Å². The number of carbonyl (C=O) groups excluding carboxylic acids is 3. The van der Waals surface area contributed by atoms with E-state index in [4.69, 9.17) is 9.47 Å². The summed E-state index contributed by atoms with van der Waals surface area (Å²) in [4.78, 5) is 39.0. The average molecular weight is 415 g/mol. The van der Waals surface area contributed by atoms with Crippen molar-refractivity contribution >= 4 is 23.5 Å². The lowest BCUT2D eigenvalue weighted by Gasteiger charge is -2.15. The first-order valence-electron chi connectivity index (χ1n) is 10.0. The first kappa shape index (κ1) is 20.3. The topological polar surface area (TPSA) is 72.9 Å². The van der Waals surface area contributed by atoms with Gasteiger partial charge in [-0.15, -0.1) is 0 Å². The van der Waals surface area contributed by atoms with Crippen molar-refractivity contribution in [2.75, 3.05) is 11.5 Å². The van der Waals surface area contributed by atoms with Crippen molar-refractivity contribution in [2.45, 2.75) is 20.3 Å². The number of para-hydroxylation sites is 1. The number of rotatable bonds is 6. The van der Waals surface area contributed by atoms with Gasteiger partial charge in [0, 0.05) is 0 Å². The van der Waals surface area contributed by atoms with Crippen molar-refractivity contribution in [2.24, 2.45) is 0 Å². The fourth-order valence-corrected chi connectivity index (χ4v) is 3.34. The molecule has 3 aromatic rings. The summed E-state index contributed by atoms with van der Waals surface area (Å²) in [6.45, 7) is 4.15. The molecular weight excluding hydrogens is 394 g/mol. The number of amides is 2. The highest BCUT2D eigenvalue weighted by Crippen LogP contribution is 2.32. The van der Waals surface area contributed by atoms with Crippen LogP contribution in [0.25, 0.3) is 0 Å². The number of carbonyl (C=O) groups is 3. The third-order valence-corrected chi connectivity index (χ3v) is 4.98. The smallest absolute Gasteiger partial charge is 0.338 e. The molecule has 6 nitrogen and oxygen atoms in total. The van der Waals surface area contributed by atoms with Crippen LogP contribution in [0.3, 0.4) is 0 Å². The molecule has 0 aliphatic carbocycles. The van der Waals surface area contributed by atoms with Crippen LogP contribution < -0.4 is 9.64 Å². The molecule has 0 N–H and O–H groups in total. The first-order valence-corrected chi connectivity index (χ1v) is 10.0. The lowest BCUT2D eigenvalue weighted by atomic mass is 10.1. The Kier molecular flexibility index (Phi) is 5.54. The molecular formula is C25H21NO5. The van der Waals surface area contributed by atoms with E-state index in [1.54, 1.807) is 24.3 Å². The number of esters is 1. The Hall–Kier alpha value is -3.93. The van der Waals surface area contributed by atoms with Crippen LogP contribution in [0.4, 0.5) is 5.69 Å². The van der Waals surface area contributed by atoms with Crippen molar-refractivity contribution in [3.63, 3.8) is 0 Å². The van der Waals surface area contributed by atoms with E-state index in [0.29, 0.717) is 24.5 Å². The number of ether oxygens (including phenoxy) is 2. The van der Waals surface area contributed by atoms with Crippen LogP contribution in [0.15, 0.2) is 66.7 Å². The zero-order valence-electron chi connectivity index (χ0n) is 17.3. The second-order valence-corrected chi connectivity index (χ2v) is 7.20. The zero-order valence-corrected chi connectivity index (χ0v) is 17.3. The highest BCUT2D eigenvalue weighted by Gasteiger charge is 2.37. The number of hydrogen-bond donors (Lipinski definition) is 0. The minimum atomic E-state index is -0.513. The van der Waals surface area contributed by atoms with E-state index in [2.05, 4.69) is 0 Å². The summed E-state index contributed by atoms with van der Waals surface area (Å²) in [5.41, 5.74) is 2.13. The summed E-state index contributed by atoms with van der Waals surface area (Å²) in [5.74, 6) is -0.0890. The molecule has 0 aromatic heterocycles. The van der Waals surface area contributed by atoms with Gasteiger partial charge in [0.2, 0.25) is 0 Å². The number of aryl methyl sites for hydroxylation is 1. The minimum absolute atomic E-state index is 0.191.